The molecule has 0 saturated heterocycles. The van der Waals surface area contributed by atoms with Crippen LogP contribution in [-0.4, -0.2) is 15.2 Å². The van der Waals surface area contributed by atoms with Crippen molar-refractivity contribution in [1.82, 2.24) is 4.98 Å². The Morgan fingerprint density at radius 1 is 1.58 bits per heavy atom. The predicted molar refractivity (Wildman–Crippen MR) is 44.1 cm³/mol. The summed E-state index contributed by atoms with van der Waals surface area (Å²) in [5.41, 5.74) is 0.0729. The number of aliphatic hydroxyl groups is 1. The highest BCUT2D eigenvalue weighted by atomic mass is 16.3. The van der Waals surface area contributed by atoms with Crippen LogP contribution in [0.4, 0.5) is 0 Å². The SMILES string of the molecule is Cc1[nH]cc(C(C)O)c(=O)c1O. The zero-order valence-electron chi connectivity index (χ0n) is 6.96. The average Bonchev–Trinajstić information content (AvgIpc) is 2.00. The largest absolute Gasteiger partial charge is 0.503 e. The number of rotatable bonds is 1. The van der Waals surface area contributed by atoms with Crippen LogP contribution in [0.2, 0.25) is 0 Å². The number of aliphatic hydroxyl groups excluding tert-OH is 1. The van der Waals surface area contributed by atoms with Crippen LogP contribution < -0.4 is 5.43 Å². The van der Waals surface area contributed by atoms with Crippen LogP contribution in [0.1, 0.15) is 24.3 Å². The molecular weight excluding hydrogens is 158 g/mol. The molecule has 1 heterocycles. The number of H-pyrrole nitrogens is 1. The second kappa shape index (κ2) is 2.98. The van der Waals surface area contributed by atoms with Gasteiger partial charge in [0.25, 0.3) is 0 Å². The Balaban J connectivity index is 3.37. The summed E-state index contributed by atoms with van der Waals surface area (Å²) in [7, 11) is 0. The van der Waals surface area contributed by atoms with Gasteiger partial charge in [0.15, 0.2) is 5.75 Å². The molecule has 0 fully saturated rings. The first kappa shape index (κ1) is 8.80. The summed E-state index contributed by atoms with van der Waals surface area (Å²) in [6.45, 7) is 3.06. The van der Waals surface area contributed by atoms with Crippen molar-refractivity contribution < 1.29 is 10.2 Å². The van der Waals surface area contributed by atoms with E-state index in [1.165, 1.54) is 13.1 Å². The van der Waals surface area contributed by atoms with E-state index in [0.717, 1.165) is 0 Å². The monoisotopic (exact) mass is 169 g/mol. The Morgan fingerprint density at radius 2 is 2.17 bits per heavy atom. The normalized spacial score (nSPS) is 12.9. The van der Waals surface area contributed by atoms with E-state index in [4.69, 9.17) is 5.11 Å². The molecule has 0 spiro atoms. The number of aromatic nitrogens is 1. The highest BCUT2D eigenvalue weighted by molar-refractivity contribution is 5.30. The molecule has 1 atom stereocenters. The molecule has 0 aliphatic rings. The smallest absolute Gasteiger partial charge is 0.229 e. The van der Waals surface area contributed by atoms with Crippen LogP contribution in [0.5, 0.6) is 5.75 Å². The Bertz CT molecular complexity index is 341. The Hall–Kier alpha value is -1.29. The topological polar surface area (TPSA) is 73.3 Å². The van der Waals surface area contributed by atoms with Crippen LogP contribution in [0.3, 0.4) is 0 Å². The highest BCUT2D eigenvalue weighted by Gasteiger charge is 2.10. The number of nitrogens with one attached hydrogen (secondary N) is 1. The minimum absolute atomic E-state index is 0.179. The van der Waals surface area contributed by atoms with Crippen molar-refractivity contribution in [1.29, 1.82) is 0 Å². The number of hydrogen-bond donors (Lipinski definition) is 3. The van der Waals surface area contributed by atoms with E-state index in [1.54, 1.807) is 6.92 Å². The van der Waals surface area contributed by atoms with Gasteiger partial charge in [0.1, 0.15) is 0 Å². The standard InChI is InChI=1S/C8H11NO3/c1-4-7(11)8(12)6(3-9-4)5(2)10/h3,5,10-11H,1-2H3,(H,9,12). The molecule has 1 unspecified atom stereocenters. The van der Waals surface area contributed by atoms with Gasteiger partial charge in [0, 0.05) is 11.8 Å². The minimum atomic E-state index is -0.861. The summed E-state index contributed by atoms with van der Waals surface area (Å²) in [5, 5.41) is 18.3. The van der Waals surface area contributed by atoms with Gasteiger partial charge in [-0.3, -0.25) is 4.79 Å². The van der Waals surface area contributed by atoms with Gasteiger partial charge in [-0.25, -0.2) is 0 Å². The lowest BCUT2D eigenvalue weighted by molar-refractivity contribution is 0.197. The van der Waals surface area contributed by atoms with Crippen LogP contribution in [0.15, 0.2) is 11.0 Å². The fourth-order valence-electron chi connectivity index (χ4n) is 0.937. The molecule has 0 amide bonds. The lowest BCUT2D eigenvalue weighted by Crippen LogP contribution is -2.12. The van der Waals surface area contributed by atoms with Crippen LogP contribution in [0, 0.1) is 6.92 Å². The molecule has 4 nitrogen and oxygen atoms in total. The summed E-state index contributed by atoms with van der Waals surface area (Å²) >= 11 is 0. The van der Waals surface area contributed by atoms with Gasteiger partial charge >= 0.3 is 0 Å². The third-order valence-corrected chi connectivity index (χ3v) is 1.73. The summed E-state index contributed by atoms with van der Waals surface area (Å²) in [5.74, 6) is -0.326. The minimum Gasteiger partial charge on any atom is -0.503 e. The molecule has 0 saturated carbocycles. The first-order chi connectivity index (χ1) is 5.54. The molecule has 1 rings (SSSR count). The van der Waals surface area contributed by atoms with Gasteiger partial charge in [-0.1, -0.05) is 0 Å². The Labute approximate surface area is 69.5 Å². The summed E-state index contributed by atoms with van der Waals surface area (Å²) in [6, 6.07) is 0. The van der Waals surface area contributed by atoms with Gasteiger partial charge in [0.2, 0.25) is 5.43 Å². The summed E-state index contributed by atoms with van der Waals surface area (Å²) < 4.78 is 0. The summed E-state index contributed by atoms with van der Waals surface area (Å²) in [4.78, 5) is 13.9. The maximum absolute atomic E-state index is 11.2. The van der Waals surface area contributed by atoms with Gasteiger partial charge in [-0.2, -0.15) is 0 Å². The molecule has 0 aromatic carbocycles. The zero-order chi connectivity index (χ0) is 9.30. The molecule has 0 aliphatic heterocycles. The molecule has 0 bridgehead atoms. The molecule has 1 aromatic rings. The van der Waals surface area contributed by atoms with E-state index >= 15 is 0 Å². The second-order valence-electron chi connectivity index (χ2n) is 2.72. The quantitative estimate of drug-likeness (QED) is 0.571. The number of aryl methyl sites for hydroxylation is 1. The summed E-state index contributed by atoms with van der Waals surface area (Å²) in [6.07, 6.45) is 0.544. The maximum atomic E-state index is 11.2. The van der Waals surface area contributed by atoms with Crippen molar-refractivity contribution in [3.05, 3.63) is 27.7 Å². The molecule has 12 heavy (non-hydrogen) atoms. The van der Waals surface area contributed by atoms with E-state index in [1.807, 2.05) is 0 Å². The van der Waals surface area contributed by atoms with E-state index in [-0.39, 0.29) is 11.3 Å². The van der Waals surface area contributed by atoms with Crippen molar-refractivity contribution in [2.45, 2.75) is 20.0 Å². The van der Waals surface area contributed by atoms with Gasteiger partial charge < -0.3 is 15.2 Å². The third kappa shape index (κ3) is 1.33. The molecule has 3 N–H and O–H groups in total. The Kier molecular flexibility index (Phi) is 2.19. The lowest BCUT2D eigenvalue weighted by atomic mass is 10.1. The van der Waals surface area contributed by atoms with Crippen molar-refractivity contribution in [3.63, 3.8) is 0 Å². The number of aromatic amines is 1. The van der Waals surface area contributed by atoms with Crippen molar-refractivity contribution >= 4 is 0 Å². The molecule has 1 aromatic heterocycles. The first-order valence-corrected chi connectivity index (χ1v) is 3.63. The van der Waals surface area contributed by atoms with Crippen molar-refractivity contribution in [2.24, 2.45) is 0 Å². The molecule has 0 radical (unpaired) electrons. The van der Waals surface area contributed by atoms with E-state index < -0.39 is 11.5 Å². The number of pyridine rings is 1. The van der Waals surface area contributed by atoms with Gasteiger partial charge in [0.05, 0.1) is 11.8 Å². The predicted octanol–water partition coefficient (Wildman–Crippen LogP) is 0.442. The fourth-order valence-corrected chi connectivity index (χ4v) is 0.937. The third-order valence-electron chi connectivity index (χ3n) is 1.73. The van der Waals surface area contributed by atoms with Crippen LogP contribution in [0.25, 0.3) is 0 Å². The lowest BCUT2D eigenvalue weighted by Gasteiger charge is -2.04. The van der Waals surface area contributed by atoms with E-state index in [9.17, 15) is 9.90 Å². The number of aromatic hydroxyl groups is 1. The molecule has 0 aliphatic carbocycles. The molecule has 66 valence electrons. The van der Waals surface area contributed by atoms with E-state index in [0.29, 0.717) is 5.69 Å². The second-order valence-corrected chi connectivity index (χ2v) is 2.72. The highest BCUT2D eigenvalue weighted by Crippen LogP contribution is 2.12. The zero-order valence-corrected chi connectivity index (χ0v) is 6.96. The Morgan fingerprint density at radius 3 is 2.67 bits per heavy atom. The van der Waals surface area contributed by atoms with E-state index in [2.05, 4.69) is 4.98 Å². The first-order valence-electron chi connectivity index (χ1n) is 3.63. The van der Waals surface area contributed by atoms with Crippen LogP contribution >= 0.6 is 0 Å². The number of hydrogen-bond acceptors (Lipinski definition) is 3. The van der Waals surface area contributed by atoms with Gasteiger partial charge in [-0.05, 0) is 13.8 Å². The maximum Gasteiger partial charge on any atom is 0.229 e. The molecular formula is C8H11NO3. The van der Waals surface area contributed by atoms with Gasteiger partial charge in [-0.15, -0.1) is 0 Å². The van der Waals surface area contributed by atoms with Crippen molar-refractivity contribution in [3.8, 4) is 5.75 Å². The van der Waals surface area contributed by atoms with Crippen LogP contribution in [-0.2, 0) is 0 Å². The fraction of sp³-hybridized carbons (Fsp3) is 0.375. The molecule has 4 heteroatoms. The van der Waals surface area contributed by atoms with Crippen molar-refractivity contribution in [2.75, 3.05) is 0 Å². The average molecular weight is 169 g/mol.